The summed E-state index contributed by atoms with van der Waals surface area (Å²) in [6, 6.07) is 24.6. The van der Waals surface area contributed by atoms with Crippen LogP contribution < -0.4 is 14.8 Å². The summed E-state index contributed by atoms with van der Waals surface area (Å²) in [7, 11) is 0. The van der Waals surface area contributed by atoms with Gasteiger partial charge < -0.3 is 14.8 Å². The molecule has 0 fully saturated rings. The van der Waals surface area contributed by atoms with Crippen LogP contribution in [0.3, 0.4) is 0 Å². The Morgan fingerprint density at radius 1 is 1.05 bits per heavy atom. The lowest BCUT2D eigenvalue weighted by molar-refractivity contribution is -0.384. The van der Waals surface area contributed by atoms with E-state index in [2.05, 4.69) is 5.32 Å². The Hall–Kier alpha value is -4.87. The van der Waals surface area contributed by atoms with E-state index in [0.717, 1.165) is 16.3 Å². The van der Waals surface area contributed by atoms with Gasteiger partial charge in [0.2, 0.25) is 0 Å². The Morgan fingerprint density at radius 3 is 2.58 bits per heavy atom. The molecule has 4 aromatic rings. The number of nitriles is 1. The number of carbonyl (C=O) groups excluding carboxylic acids is 1. The van der Waals surface area contributed by atoms with E-state index in [-0.39, 0.29) is 28.6 Å². The lowest BCUT2D eigenvalue weighted by Gasteiger charge is -2.15. The van der Waals surface area contributed by atoms with Crippen molar-refractivity contribution in [3.05, 3.63) is 111 Å². The van der Waals surface area contributed by atoms with Crippen molar-refractivity contribution in [3.8, 4) is 17.6 Å². The lowest BCUT2D eigenvalue weighted by atomic mass is 10.1. The first-order valence-electron chi connectivity index (χ1n) is 11.6. The number of halogens is 1. The Balaban J connectivity index is 1.56. The summed E-state index contributed by atoms with van der Waals surface area (Å²) in [6.07, 6.45) is 1.36. The molecule has 0 aliphatic heterocycles. The fraction of sp³-hybridized carbons (Fsp3) is 0.103. The first-order valence-corrected chi connectivity index (χ1v) is 12.0. The smallest absolute Gasteiger partial charge is 0.271 e. The molecule has 0 radical (unpaired) electrons. The van der Waals surface area contributed by atoms with Gasteiger partial charge in [-0.1, -0.05) is 54.1 Å². The molecule has 0 aromatic heterocycles. The van der Waals surface area contributed by atoms with Crippen LogP contribution in [0, 0.1) is 21.4 Å². The van der Waals surface area contributed by atoms with Crippen LogP contribution in [0.15, 0.2) is 84.4 Å². The molecule has 0 aliphatic carbocycles. The van der Waals surface area contributed by atoms with Crippen molar-refractivity contribution in [1.29, 1.82) is 5.26 Å². The molecule has 8 nitrogen and oxygen atoms in total. The molecule has 0 heterocycles. The fourth-order valence-electron chi connectivity index (χ4n) is 3.77. The Bertz CT molecular complexity index is 1590. The van der Waals surface area contributed by atoms with Crippen LogP contribution in [-0.4, -0.2) is 17.4 Å². The Labute approximate surface area is 223 Å². The summed E-state index contributed by atoms with van der Waals surface area (Å²) in [4.78, 5) is 23.1. The van der Waals surface area contributed by atoms with Gasteiger partial charge in [0.05, 0.1) is 16.6 Å². The molecule has 4 rings (SSSR count). The summed E-state index contributed by atoms with van der Waals surface area (Å²) in [5.41, 5.74) is 1.19. The van der Waals surface area contributed by atoms with Crippen LogP contribution in [0.1, 0.15) is 18.1 Å². The van der Waals surface area contributed by atoms with Crippen LogP contribution in [0.2, 0.25) is 5.02 Å². The van der Waals surface area contributed by atoms with Gasteiger partial charge in [-0.2, -0.15) is 5.26 Å². The van der Waals surface area contributed by atoms with Crippen molar-refractivity contribution in [2.24, 2.45) is 0 Å². The van der Waals surface area contributed by atoms with Crippen molar-refractivity contribution < 1.29 is 19.2 Å². The number of nitrogens with zero attached hydrogens (tertiary/aromatic N) is 2. The monoisotopic (exact) mass is 527 g/mol. The third-order valence-electron chi connectivity index (χ3n) is 5.52. The number of nitro benzene ring substituents is 1. The third kappa shape index (κ3) is 6.27. The van der Waals surface area contributed by atoms with Crippen LogP contribution >= 0.6 is 11.6 Å². The number of carbonyl (C=O) groups is 1. The minimum Gasteiger partial charge on any atom is -0.490 e. The number of amides is 1. The molecule has 0 aliphatic rings. The van der Waals surface area contributed by atoms with Crippen molar-refractivity contribution in [1.82, 2.24) is 0 Å². The number of anilines is 1. The topological polar surface area (TPSA) is 114 Å². The van der Waals surface area contributed by atoms with Gasteiger partial charge in [-0.15, -0.1) is 0 Å². The summed E-state index contributed by atoms with van der Waals surface area (Å²) < 4.78 is 11.8. The van der Waals surface area contributed by atoms with Gasteiger partial charge in [0, 0.05) is 17.8 Å². The molecule has 38 heavy (non-hydrogen) atoms. The van der Waals surface area contributed by atoms with Gasteiger partial charge in [-0.25, -0.2) is 0 Å². The number of ether oxygens (including phenoxy) is 2. The molecule has 0 saturated heterocycles. The first-order chi connectivity index (χ1) is 18.4. The molecule has 4 aromatic carbocycles. The van der Waals surface area contributed by atoms with Gasteiger partial charge in [0.15, 0.2) is 11.5 Å². The van der Waals surface area contributed by atoms with E-state index in [0.29, 0.717) is 23.7 Å². The van der Waals surface area contributed by atoms with Crippen LogP contribution in [0.5, 0.6) is 11.5 Å². The van der Waals surface area contributed by atoms with E-state index in [1.54, 1.807) is 12.1 Å². The highest BCUT2D eigenvalue weighted by Crippen LogP contribution is 2.38. The summed E-state index contributed by atoms with van der Waals surface area (Å²) in [5, 5.41) is 25.5. The van der Waals surface area contributed by atoms with Gasteiger partial charge in [-0.05, 0) is 59.2 Å². The zero-order valence-electron chi connectivity index (χ0n) is 20.3. The minimum atomic E-state index is -0.723. The average molecular weight is 528 g/mol. The number of fused-ring (bicyclic) bond motifs is 1. The molecule has 0 atom stereocenters. The largest absolute Gasteiger partial charge is 0.490 e. The number of rotatable bonds is 9. The van der Waals surface area contributed by atoms with Gasteiger partial charge in [-0.3, -0.25) is 14.9 Å². The Kier molecular flexibility index (Phi) is 8.21. The molecule has 0 unspecified atom stereocenters. The summed E-state index contributed by atoms with van der Waals surface area (Å²) >= 11 is 6.53. The highest BCUT2D eigenvalue weighted by Gasteiger charge is 2.16. The molecule has 1 N–H and O–H groups in total. The SMILES string of the molecule is CCOc1cc(/C=C(\C#N)C(=O)Nc2cccc([N+](=O)[O-])c2)cc(Cl)c1OCc1ccc2ccccc2c1. The number of nitro groups is 1. The second-order valence-electron chi connectivity index (χ2n) is 8.16. The third-order valence-corrected chi connectivity index (χ3v) is 5.80. The highest BCUT2D eigenvalue weighted by atomic mass is 35.5. The van der Waals surface area contributed by atoms with E-state index in [1.165, 1.54) is 30.3 Å². The molecule has 0 spiro atoms. The van der Waals surface area contributed by atoms with E-state index in [4.69, 9.17) is 21.1 Å². The van der Waals surface area contributed by atoms with E-state index < -0.39 is 10.8 Å². The maximum Gasteiger partial charge on any atom is 0.271 e. The first kappa shape index (κ1) is 26.2. The highest BCUT2D eigenvalue weighted by molar-refractivity contribution is 6.32. The quantitative estimate of drug-likeness (QED) is 0.109. The lowest BCUT2D eigenvalue weighted by Crippen LogP contribution is -2.13. The number of hydrogen-bond donors (Lipinski definition) is 1. The van der Waals surface area contributed by atoms with Gasteiger partial charge >= 0.3 is 0 Å². The van der Waals surface area contributed by atoms with E-state index in [1.807, 2.05) is 55.5 Å². The van der Waals surface area contributed by atoms with E-state index >= 15 is 0 Å². The maximum absolute atomic E-state index is 12.7. The zero-order valence-corrected chi connectivity index (χ0v) is 21.1. The standard InChI is InChI=1S/C29H22ClN3O5/c1-2-37-27-15-20(13-23(17-31)29(34)32-24-8-5-9-25(16-24)33(35)36)14-26(30)28(27)38-18-19-10-11-21-6-3-4-7-22(21)12-19/h3-16H,2,18H2,1H3,(H,32,34)/b23-13+. The molecule has 0 bridgehead atoms. The van der Waals surface area contributed by atoms with Gasteiger partial charge in [0.25, 0.3) is 11.6 Å². The summed E-state index contributed by atoms with van der Waals surface area (Å²) in [5.74, 6) is -0.0134. The van der Waals surface area contributed by atoms with Crippen LogP contribution in [0.4, 0.5) is 11.4 Å². The molecule has 1 amide bonds. The molecule has 0 saturated carbocycles. The number of hydrogen-bond acceptors (Lipinski definition) is 6. The predicted octanol–water partition coefficient (Wildman–Crippen LogP) is 6.92. The predicted molar refractivity (Wildman–Crippen MR) is 146 cm³/mol. The van der Waals surface area contributed by atoms with Crippen molar-refractivity contribution in [2.45, 2.75) is 13.5 Å². The summed E-state index contributed by atoms with van der Waals surface area (Å²) in [6.45, 7) is 2.42. The van der Waals surface area contributed by atoms with E-state index in [9.17, 15) is 20.2 Å². The molecular formula is C29H22ClN3O5. The number of nitrogens with one attached hydrogen (secondary N) is 1. The van der Waals surface area contributed by atoms with Crippen molar-refractivity contribution in [3.63, 3.8) is 0 Å². The minimum absolute atomic E-state index is 0.183. The average Bonchev–Trinajstić information content (AvgIpc) is 2.91. The number of benzene rings is 4. The molecular weight excluding hydrogens is 506 g/mol. The molecule has 9 heteroatoms. The van der Waals surface area contributed by atoms with Gasteiger partial charge in [0.1, 0.15) is 18.2 Å². The maximum atomic E-state index is 12.7. The fourth-order valence-corrected chi connectivity index (χ4v) is 4.04. The van der Waals surface area contributed by atoms with Crippen LogP contribution in [0.25, 0.3) is 16.8 Å². The zero-order chi connectivity index (χ0) is 27.1. The Morgan fingerprint density at radius 2 is 1.84 bits per heavy atom. The number of non-ortho nitro benzene ring substituents is 1. The normalized spacial score (nSPS) is 11.0. The second-order valence-corrected chi connectivity index (χ2v) is 8.57. The van der Waals surface area contributed by atoms with Crippen molar-refractivity contribution in [2.75, 3.05) is 11.9 Å². The second kappa shape index (κ2) is 11.9. The van der Waals surface area contributed by atoms with Crippen LogP contribution in [-0.2, 0) is 11.4 Å². The van der Waals surface area contributed by atoms with Crippen molar-refractivity contribution >= 4 is 45.7 Å². The molecule has 190 valence electrons.